The van der Waals surface area contributed by atoms with E-state index in [0.717, 1.165) is 6.92 Å². The van der Waals surface area contributed by atoms with Gasteiger partial charge in [-0.1, -0.05) is 0 Å². The molecule has 34 valence electrons. The summed E-state index contributed by atoms with van der Waals surface area (Å²) in [6.07, 6.45) is 0. The van der Waals surface area contributed by atoms with E-state index in [4.69, 9.17) is 9.90 Å². The fourth-order valence-electron chi connectivity index (χ4n) is 0. The van der Waals surface area contributed by atoms with Crippen LogP contribution in [0.1, 0.15) is 6.92 Å². The first kappa shape index (κ1) is 15.7. The number of hydrogen-bond acceptors (Lipinski definition) is 2. The summed E-state index contributed by atoms with van der Waals surface area (Å²) >= 11 is 0. The molecule has 0 bridgehead atoms. The van der Waals surface area contributed by atoms with Gasteiger partial charge in [0, 0.05) is 26.4 Å². The van der Waals surface area contributed by atoms with Gasteiger partial charge in [-0.15, -0.1) is 0 Å². The smallest absolute Gasteiger partial charge is 0.550 e. The SMILES string of the molecule is CC(=O)[O-].[K+].[Pd]. The van der Waals surface area contributed by atoms with Gasteiger partial charge in [0.05, 0.1) is 0 Å². The van der Waals surface area contributed by atoms with Crippen LogP contribution >= 0.6 is 0 Å². The molecule has 0 aliphatic carbocycles. The summed E-state index contributed by atoms with van der Waals surface area (Å²) in [5, 5.41) is 8.89. The Morgan fingerprint density at radius 3 is 1.67 bits per heavy atom. The number of carboxylic acids is 1. The normalized spacial score (nSPS) is 4.17. The number of carbonyl (C=O) groups excluding carboxylic acids is 1. The van der Waals surface area contributed by atoms with Crippen molar-refractivity contribution in [2.75, 3.05) is 0 Å². The molecule has 4 heteroatoms. The molecule has 0 amide bonds. The topological polar surface area (TPSA) is 40.1 Å². The van der Waals surface area contributed by atoms with Gasteiger partial charge in [-0.2, -0.15) is 0 Å². The van der Waals surface area contributed by atoms with Crippen molar-refractivity contribution in [1.29, 1.82) is 0 Å². The zero-order chi connectivity index (χ0) is 3.58. The first-order valence-corrected chi connectivity index (χ1v) is 0.908. The minimum Gasteiger partial charge on any atom is -0.550 e. The Bertz CT molecular complexity index is 34.5. The van der Waals surface area contributed by atoms with Crippen LogP contribution in [0.2, 0.25) is 0 Å². The van der Waals surface area contributed by atoms with Crippen molar-refractivity contribution in [3.8, 4) is 0 Å². The second-order valence-corrected chi connectivity index (χ2v) is 0.492. The number of carboxylic acid groups (broad SMARTS) is 1. The monoisotopic (exact) mass is 204 g/mol. The fraction of sp³-hybridized carbons (Fsp3) is 0.500. The van der Waals surface area contributed by atoms with Crippen LogP contribution in [0.15, 0.2) is 0 Å². The maximum atomic E-state index is 8.89. The minimum absolute atomic E-state index is 0. The van der Waals surface area contributed by atoms with Crippen LogP contribution in [-0.2, 0) is 25.2 Å². The van der Waals surface area contributed by atoms with Gasteiger partial charge >= 0.3 is 51.4 Å². The molecule has 0 spiro atoms. The molecule has 0 heterocycles. The molecule has 0 saturated heterocycles. The quantitative estimate of drug-likeness (QED) is 0.375. The maximum Gasteiger partial charge on any atom is 1.00 e. The Kier molecular flexibility index (Phi) is 25.8. The van der Waals surface area contributed by atoms with Crippen molar-refractivity contribution in [3.05, 3.63) is 0 Å². The Balaban J connectivity index is -0.0000000450. The summed E-state index contributed by atoms with van der Waals surface area (Å²) < 4.78 is 0. The summed E-state index contributed by atoms with van der Waals surface area (Å²) in [7, 11) is 0. The number of hydrogen-bond donors (Lipinski definition) is 0. The predicted molar refractivity (Wildman–Crippen MR) is 10.7 cm³/mol. The van der Waals surface area contributed by atoms with Crippen LogP contribution in [-0.4, -0.2) is 5.97 Å². The maximum absolute atomic E-state index is 8.89. The van der Waals surface area contributed by atoms with Gasteiger partial charge in [0.1, 0.15) is 0 Å². The molecule has 0 aliphatic rings. The van der Waals surface area contributed by atoms with Crippen molar-refractivity contribution in [2.24, 2.45) is 0 Å². The molecule has 0 aromatic carbocycles. The number of carbonyl (C=O) groups is 1. The van der Waals surface area contributed by atoms with Crippen molar-refractivity contribution in [3.63, 3.8) is 0 Å². The summed E-state index contributed by atoms with van der Waals surface area (Å²) in [6.45, 7) is 0.972. The molecule has 0 radical (unpaired) electrons. The van der Waals surface area contributed by atoms with E-state index >= 15 is 0 Å². The second kappa shape index (κ2) is 9.91. The molecular weight excluding hydrogens is 202 g/mol. The van der Waals surface area contributed by atoms with Crippen molar-refractivity contribution < 1.29 is 81.7 Å². The molecule has 0 saturated carbocycles. The molecule has 0 rings (SSSR count). The molecular formula is C2H3KO2Pd. The first-order valence-electron chi connectivity index (χ1n) is 0.908. The zero-order valence-corrected chi connectivity index (χ0v) is 8.31. The fourth-order valence-corrected chi connectivity index (χ4v) is 0. The van der Waals surface area contributed by atoms with E-state index in [9.17, 15) is 0 Å². The zero-order valence-electron chi connectivity index (χ0n) is 3.63. The summed E-state index contributed by atoms with van der Waals surface area (Å²) in [6, 6.07) is 0. The average Bonchev–Trinajstić information content (AvgIpc) is 0.811. The Morgan fingerprint density at radius 1 is 1.67 bits per heavy atom. The van der Waals surface area contributed by atoms with Gasteiger partial charge in [-0.3, -0.25) is 0 Å². The first-order chi connectivity index (χ1) is 1.73. The van der Waals surface area contributed by atoms with Gasteiger partial charge < -0.3 is 9.90 Å². The largest absolute Gasteiger partial charge is 1.00 e. The molecule has 0 fully saturated rings. The third-order valence-corrected chi connectivity index (χ3v) is 0. The van der Waals surface area contributed by atoms with Gasteiger partial charge in [0.2, 0.25) is 0 Å². The molecule has 0 aliphatic heterocycles. The molecule has 0 aromatic heterocycles. The summed E-state index contributed by atoms with van der Waals surface area (Å²) in [5.74, 6) is -1.08. The van der Waals surface area contributed by atoms with Crippen LogP contribution in [0.3, 0.4) is 0 Å². The standard InChI is InChI=1S/C2H4O2.K.Pd/c1-2(3)4;;/h1H3,(H,3,4);;/q;+1;/p-1. The van der Waals surface area contributed by atoms with Crippen LogP contribution in [0, 0.1) is 0 Å². The Hall–Kier alpha value is 1.77. The number of aliphatic carboxylic acids is 1. The molecule has 2 nitrogen and oxygen atoms in total. The summed E-state index contributed by atoms with van der Waals surface area (Å²) in [5.41, 5.74) is 0. The van der Waals surface area contributed by atoms with E-state index in [0.29, 0.717) is 0 Å². The number of rotatable bonds is 0. The van der Waals surface area contributed by atoms with Crippen LogP contribution < -0.4 is 56.5 Å². The van der Waals surface area contributed by atoms with E-state index in [1.54, 1.807) is 0 Å². The molecule has 0 unspecified atom stereocenters. The predicted octanol–water partition coefficient (Wildman–Crippen LogP) is -4.24. The summed E-state index contributed by atoms with van der Waals surface area (Å²) in [4.78, 5) is 8.89. The molecule has 0 aromatic rings. The van der Waals surface area contributed by atoms with E-state index in [-0.39, 0.29) is 71.8 Å². The minimum atomic E-state index is -1.08. The Labute approximate surface area is 92.8 Å². The Morgan fingerprint density at radius 2 is 1.67 bits per heavy atom. The molecule has 6 heavy (non-hydrogen) atoms. The molecule has 0 N–H and O–H groups in total. The van der Waals surface area contributed by atoms with Gasteiger partial charge in [-0.05, 0) is 6.92 Å². The average molecular weight is 205 g/mol. The van der Waals surface area contributed by atoms with E-state index in [1.807, 2.05) is 0 Å². The third-order valence-electron chi connectivity index (χ3n) is 0. The van der Waals surface area contributed by atoms with E-state index in [2.05, 4.69) is 0 Å². The van der Waals surface area contributed by atoms with E-state index < -0.39 is 5.97 Å². The second-order valence-electron chi connectivity index (χ2n) is 0.492. The third kappa shape index (κ3) is 41.9. The van der Waals surface area contributed by atoms with Gasteiger partial charge in [-0.25, -0.2) is 0 Å². The van der Waals surface area contributed by atoms with Crippen molar-refractivity contribution in [2.45, 2.75) is 6.92 Å². The molecule has 0 atom stereocenters. The van der Waals surface area contributed by atoms with Crippen molar-refractivity contribution in [1.82, 2.24) is 0 Å². The van der Waals surface area contributed by atoms with Gasteiger partial charge in [0.15, 0.2) is 0 Å². The van der Waals surface area contributed by atoms with Crippen LogP contribution in [0.5, 0.6) is 0 Å². The van der Waals surface area contributed by atoms with E-state index in [1.165, 1.54) is 0 Å². The van der Waals surface area contributed by atoms with Crippen molar-refractivity contribution >= 4 is 5.97 Å². The van der Waals surface area contributed by atoms with Crippen LogP contribution in [0.4, 0.5) is 0 Å². The van der Waals surface area contributed by atoms with Crippen LogP contribution in [0.25, 0.3) is 0 Å². The van der Waals surface area contributed by atoms with Gasteiger partial charge in [0.25, 0.3) is 0 Å².